The van der Waals surface area contributed by atoms with E-state index >= 15 is 0 Å². The maximum Gasteiger partial charge on any atom is 0.416 e. The molecular formula is C18H13ClF3N5OS. The molecule has 1 aromatic heterocycles. The lowest BCUT2D eigenvalue weighted by molar-refractivity contribution is -0.137. The highest BCUT2D eigenvalue weighted by molar-refractivity contribution is 8.00. The van der Waals surface area contributed by atoms with Crippen LogP contribution in [0.2, 0.25) is 5.02 Å². The second-order valence-corrected chi connectivity index (χ2v) is 7.79. The van der Waals surface area contributed by atoms with Gasteiger partial charge in [-0.15, -0.1) is 10.2 Å². The Bertz CT molecular complexity index is 1040. The van der Waals surface area contributed by atoms with Crippen molar-refractivity contribution >= 4 is 35.0 Å². The molecule has 11 heteroatoms. The molecule has 2 aromatic carbocycles. The van der Waals surface area contributed by atoms with Gasteiger partial charge in [-0.25, -0.2) is 4.68 Å². The Hall–Kier alpha value is -2.72. The minimum atomic E-state index is -4.50. The number of nitrogens with zero attached hydrogens (tertiary/aromatic N) is 3. The number of fused-ring (bicyclic) bond motifs is 1. The van der Waals surface area contributed by atoms with Gasteiger partial charge in [-0.05, 0) is 35.9 Å². The largest absolute Gasteiger partial charge is 0.416 e. The van der Waals surface area contributed by atoms with Crippen LogP contribution < -0.4 is 10.7 Å². The summed E-state index contributed by atoms with van der Waals surface area (Å²) in [5, 5.41) is 10.7. The minimum Gasteiger partial charge on any atom is -0.325 e. The predicted octanol–water partition coefficient (Wildman–Crippen LogP) is 4.35. The number of nitrogens with one attached hydrogen (secondary N) is 2. The summed E-state index contributed by atoms with van der Waals surface area (Å²) in [4.78, 5) is 13.0. The van der Waals surface area contributed by atoms with Crippen LogP contribution in [0, 0.1) is 0 Å². The zero-order chi connectivity index (χ0) is 20.6. The van der Waals surface area contributed by atoms with Gasteiger partial charge in [-0.1, -0.05) is 41.6 Å². The molecule has 0 aliphatic carbocycles. The number of benzene rings is 2. The van der Waals surface area contributed by atoms with Crippen molar-refractivity contribution in [3.05, 3.63) is 71.0 Å². The quantitative estimate of drug-likeness (QED) is 0.635. The molecule has 1 amide bonds. The first-order chi connectivity index (χ1) is 13.8. The number of alkyl halides is 3. The molecule has 1 aliphatic heterocycles. The number of thioether (sulfide) groups is 1. The number of hydrogen-bond acceptors (Lipinski definition) is 5. The van der Waals surface area contributed by atoms with Gasteiger partial charge < -0.3 is 10.7 Å². The van der Waals surface area contributed by atoms with E-state index in [0.717, 1.165) is 17.7 Å². The van der Waals surface area contributed by atoms with Crippen LogP contribution in [0.3, 0.4) is 0 Å². The first kappa shape index (κ1) is 19.6. The Labute approximate surface area is 172 Å². The lowest BCUT2D eigenvalue weighted by Gasteiger charge is -2.32. The summed E-state index contributed by atoms with van der Waals surface area (Å²) in [5.74, 6) is -0.462. The van der Waals surface area contributed by atoms with Crippen molar-refractivity contribution in [1.82, 2.24) is 14.9 Å². The molecule has 2 atom stereocenters. The fourth-order valence-electron chi connectivity index (χ4n) is 2.90. The predicted molar refractivity (Wildman–Crippen MR) is 103 cm³/mol. The Balaban J connectivity index is 1.62. The van der Waals surface area contributed by atoms with Crippen LogP contribution in [-0.4, -0.2) is 26.0 Å². The van der Waals surface area contributed by atoms with E-state index < -0.39 is 28.9 Å². The summed E-state index contributed by atoms with van der Waals surface area (Å²) in [5.41, 5.74) is 3.16. The first-order valence-corrected chi connectivity index (χ1v) is 9.64. The Morgan fingerprint density at radius 1 is 1.21 bits per heavy atom. The molecule has 0 bridgehead atoms. The molecule has 4 rings (SSSR count). The Morgan fingerprint density at radius 3 is 2.69 bits per heavy atom. The number of hydrogen-bond donors (Lipinski definition) is 2. The van der Waals surface area contributed by atoms with Gasteiger partial charge in [0.05, 0.1) is 11.6 Å². The van der Waals surface area contributed by atoms with Crippen molar-refractivity contribution < 1.29 is 18.0 Å². The van der Waals surface area contributed by atoms with Gasteiger partial charge in [0.25, 0.3) is 0 Å². The molecule has 3 aromatic rings. The number of carbonyl (C=O) groups is 1. The van der Waals surface area contributed by atoms with Crippen LogP contribution in [-0.2, 0) is 11.0 Å². The van der Waals surface area contributed by atoms with E-state index in [9.17, 15) is 18.0 Å². The smallest absolute Gasteiger partial charge is 0.325 e. The number of carbonyl (C=O) groups excluding carboxylic acids is 1. The second kappa shape index (κ2) is 7.60. The molecule has 0 saturated carbocycles. The fraction of sp³-hybridized carbons (Fsp3) is 0.167. The summed E-state index contributed by atoms with van der Waals surface area (Å²) in [6.07, 6.45) is -3.02. The van der Waals surface area contributed by atoms with Crippen molar-refractivity contribution in [3.63, 3.8) is 0 Å². The topological polar surface area (TPSA) is 71.8 Å². The maximum absolute atomic E-state index is 13.0. The van der Waals surface area contributed by atoms with E-state index in [1.165, 1.54) is 30.2 Å². The monoisotopic (exact) mass is 439 g/mol. The molecule has 2 heterocycles. The van der Waals surface area contributed by atoms with Crippen molar-refractivity contribution in [2.24, 2.45) is 0 Å². The molecule has 0 spiro atoms. The van der Waals surface area contributed by atoms with Crippen molar-refractivity contribution in [3.8, 4) is 0 Å². The lowest BCUT2D eigenvalue weighted by atomic mass is 10.0. The average Bonchev–Trinajstić information content (AvgIpc) is 3.15. The molecular weight excluding hydrogens is 427 g/mol. The van der Waals surface area contributed by atoms with Crippen molar-refractivity contribution in [2.75, 3.05) is 10.7 Å². The van der Waals surface area contributed by atoms with Crippen LogP contribution in [0.1, 0.15) is 17.2 Å². The van der Waals surface area contributed by atoms with Gasteiger partial charge >= 0.3 is 6.18 Å². The summed E-state index contributed by atoms with van der Waals surface area (Å²) in [6, 6.07) is 11.0. The first-order valence-electron chi connectivity index (χ1n) is 8.38. The number of halogens is 4. The summed E-state index contributed by atoms with van der Waals surface area (Å²) in [6.45, 7) is 0. The minimum absolute atomic E-state index is 0.0623. The molecule has 2 unspecified atom stereocenters. The number of rotatable bonds is 3. The van der Waals surface area contributed by atoms with E-state index in [1.54, 1.807) is 28.9 Å². The van der Waals surface area contributed by atoms with Crippen LogP contribution in [0.5, 0.6) is 0 Å². The van der Waals surface area contributed by atoms with Gasteiger partial charge in [-0.2, -0.15) is 13.2 Å². The van der Waals surface area contributed by atoms with Gasteiger partial charge in [0, 0.05) is 10.7 Å². The highest BCUT2D eigenvalue weighted by Gasteiger charge is 2.37. The van der Waals surface area contributed by atoms with Crippen LogP contribution >= 0.6 is 23.4 Å². The van der Waals surface area contributed by atoms with E-state index in [-0.39, 0.29) is 5.69 Å². The second-order valence-electron chi connectivity index (χ2n) is 6.25. The summed E-state index contributed by atoms with van der Waals surface area (Å²) < 4.78 is 40.4. The molecule has 1 aliphatic rings. The van der Waals surface area contributed by atoms with E-state index in [0.29, 0.717) is 10.2 Å². The van der Waals surface area contributed by atoms with E-state index in [4.69, 9.17) is 11.6 Å². The zero-order valence-corrected chi connectivity index (χ0v) is 16.1. The molecule has 6 nitrogen and oxygen atoms in total. The van der Waals surface area contributed by atoms with Crippen LogP contribution in [0.4, 0.5) is 18.9 Å². The Kier molecular flexibility index (Phi) is 5.13. The van der Waals surface area contributed by atoms with Gasteiger partial charge in [0.1, 0.15) is 11.6 Å². The molecule has 0 radical (unpaired) electrons. The lowest BCUT2D eigenvalue weighted by Crippen LogP contribution is -2.41. The maximum atomic E-state index is 13.0. The third kappa shape index (κ3) is 4.18. The zero-order valence-electron chi connectivity index (χ0n) is 14.5. The molecule has 0 saturated heterocycles. The van der Waals surface area contributed by atoms with Crippen molar-refractivity contribution in [1.29, 1.82) is 0 Å². The highest BCUT2D eigenvalue weighted by Crippen LogP contribution is 2.37. The third-order valence-corrected chi connectivity index (χ3v) is 5.76. The summed E-state index contributed by atoms with van der Waals surface area (Å²) in [7, 11) is 0. The molecule has 150 valence electrons. The third-order valence-electron chi connectivity index (χ3n) is 4.27. The van der Waals surface area contributed by atoms with E-state index in [2.05, 4.69) is 20.9 Å². The SMILES string of the molecule is O=C(Nc1cccc(C(F)(F)F)c1)C1Sc2nncn2NC1c1ccc(Cl)cc1. The summed E-state index contributed by atoms with van der Waals surface area (Å²) >= 11 is 7.12. The molecule has 2 N–H and O–H groups in total. The number of anilines is 1. The standard InChI is InChI=1S/C18H13ClF3N5OS/c19-12-6-4-10(5-7-12)14-15(29-17-25-23-9-27(17)26-14)16(28)24-13-3-1-2-11(8-13)18(20,21)22/h1-9,14-15,26H,(H,24,28). The number of aromatic nitrogens is 3. The Morgan fingerprint density at radius 2 is 1.97 bits per heavy atom. The van der Waals surface area contributed by atoms with Gasteiger partial charge in [0.15, 0.2) is 0 Å². The van der Waals surface area contributed by atoms with Crippen LogP contribution in [0.25, 0.3) is 0 Å². The molecule has 0 fully saturated rings. The molecule has 29 heavy (non-hydrogen) atoms. The highest BCUT2D eigenvalue weighted by atomic mass is 35.5. The average molecular weight is 440 g/mol. The van der Waals surface area contributed by atoms with Crippen molar-refractivity contribution in [2.45, 2.75) is 22.6 Å². The van der Waals surface area contributed by atoms with Gasteiger partial charge in [0.2, 0.25) is 11.1 Å². The van der Waals surface area contributed by atoms with Crippen LogP contribution in [0.15, 0.2) is 60.0 Å². The fourth-order valence-corrected chi connectivity index (χ4v) is 4.08. The normalized spacial score (nSPS) is 18.6. The number of amides is 1. The van der Waals surface area contributed by atoms with E-state index in [1.807, 2.05) is 0 Å². The van der Waals surface area contributed by atoms with Gasteiger partial charge in [-0.3, -0.25) is 4.79 Å².